The number of nitrogens with one attached hydrogen (secondary N) is 2. The number of benzene rings is 2. The molecule has 1 heterocycles. The number of rotatable bonds is 6. The van der Waals surface area contributed by atoms with Gasteiger partial charge in [-0.3, -0.25) is 9.48 Å². The molecular formula is C19H18F2N4O3S. The summed E-state index contributed by atoms with van der Waals surface area (Å²) in [5, 5.41) is 6.77. The highest BCUT2D eigenvalue weighted by atomic mass is 32.2. The SMILES string of the molecule is CNS(=O)(=O)c1cccc(CNC(=O)c2cn(C)nc2-c2ccc(F)cc2F)c1. The van der Waals surface area contributed by atoms with Gasteiger partial charge in [-0.15, -0.1) is 0 Å². The number of sulfonamides is 1. The van der Waals surface area contributed by atoms with Crippen molar-refractivity contribution in [2.75, 3.05) is 7.05 Å². The van der Waals surface area contributed by atoms with Crippen molar-refractivity contribution in [3.63, 3.8) is 0 Å². The fourth-order valence-corrected chi connectivity index (χ4v) is 3.55. The monoisotopic (exact) mass is 420 g/mol. The van der Waals surface area contributed by atoms with Gasteiger partial charge in [0.05, 0.1) is 10.5 Å². The van der Waals surface area contributed by atoms with Gasteiger partial charge in [-0.05, 0) is 36.9 Å². The molecule has 10 heteroatoms. The molecule has 0 bridgehead atoms. The predicted molar refractivity (Wildman–Crippen MR) is 102 cm³/mol. The minimum atomic E-state index is -3.61. The summed E-state index contributed by atoms with van der Waals surface area (Å²) in [6, 6.07) is 9.13. The molecule has 7 nitrogen and oxygen atoms in total. The number of hydrogen-bond donors (Lipinski definition) is 2. The number of carbonyl (C=O) groups excluding carboxylic acids is 1. The second-order valence-electron chi connectivity index (χ2n) is 6.23. The predicted octanol–water partition coefficient (Wildman–Crippen LogP) is 2.20. The lowest BCUT2D eigenvalue weighted by molar-refractivity contribution is 0.0951. The van der Waals surface area contributed by atoms with E-state index in [-0.39, 0.29) is 28.3 Å². The van der Waals surface area contributed by atoms with Gasteiger partial charge in [-0.2, -0.15) is 5.10 Å². The van der Waals surface area contributed by atoms with E-state index in [9.17, 15) is 22.0 Å². The van der Waals surface area contributed by atoms with Gasteiger partial charge >= 0.3 is 0 Å². The molecule has 0 saturated heterocycles. The van der Waals surface area contributed by atoms with Crippen LogP contribution in [0.2, 0.25) is 0 Å². The van der Waals surface area contributed by atoms with Crippen LogP contribution in [0.4, 0.5) is 8.78 Å². The van der Waals surface area contributed by atoms with E-state index in [0.29, 0.717) is 5.56 Å². The van der Waals surface area contributed by atoms with Crippen LogP contribution in [0.25, 0.3) is 11.3 Å². The average Bonchev–Trinajstić information content (AvgIpc) is 3.08. The normalized spacial score (nSPS) is 11.4. The summed E-state index contributed by atoms with van der Waals surface area (Å²) in [5.74, 6) is -2.09. The van der Waals surface area contributed by atoms with Crippen LogP contribution in [0.15, 0.2) is 53.6 Å². The molecule has 1 aromatic heterocycles. The number of nitrogens with zero attached hydrogens (tertiary/aromatic N) is 2. The van der Waals surface area contributed by atoms with Crippen LogP contribution < -0.4 is 10.0 Å². The maximum atomic E-state index is 14.1. The number of aryl methyl sites for hydroxylation is 1. The molecular weight excluding hydrogens is 402 g/mol. The molecule has 0 aliphatic heterocycles. The van der Waals surface area contributed by atoms with Gasteiger partial charge in [0.25, 0.3) is 5.91 Å². The first-order valence-electron chi connectivity index (χ1n) is 8.51. The van der Waals surface area contributed by atoms with E-state index in [2.05, 4.69) is 15.1 Å². The standard InChI is InChI=1S/C19H18F2N4O3S/c1-22-29(27,28)14-5-3-4-12(8-14)10-23-19(26)16-11-25(2)24-18(16)15-7-6-13(20)9-17(15)21/h3-9,11,22H,10H2,1-2H3,(H,23,26). The molecule has 3 rings (SSSR count). The van der Waals surface area contributed by atoms with Gasteiger partial charge < -0.3 is 5.32 Å². The Hall–Kier alpha value is -3.11. The number of aromatic nitrogens is 2. The first-order valence-corrected chi connectivity index (χ1v) is 9.99. The van der Waals surface area contributed by atoms with Crippen LogP contribution in [0.5, 0.6) is 0 Å². The van der Waals surface area contributed by atoms with E-state index >= 15 is 0 Å². The zero-order valence-electron chi connectivity index (χ0n) is 15.6. The maximum Gasteiger partial charge on any atom is 0.255 e. The molecule has 0 saturated carbocycles. The third-order valence-electron chi connectivity index (χ3n) is 4.19. The number of hydrogen-bond acceptors (Lipinski definition) is 4. The molecule has 0 radical (unpaired) electrons. The summed E-state index contributed by atoms with van der Waals surface area (Å²) < 4.78 is 54.7. The van der Waals surface area contributed by atoms with E-state index in [1.54, 1.807) is 19.2 Å². The minimum absolute atomic E-state index is 0.000684. The molecule has 2 aromatic carbocycles. The molecule has 0 fully saturated rings. The quantitative estimate of drug-likeness (QED) is 0.640. The second kappa shape index (κ2) is 8.10. The maximum absolute atomic E-state index is 14.1. The highest BCUT2D eigenvalue weighted by molar-refractivity contribution is 7.89. The number of halogens is 2. The molecule has 29 heavy (non-hydrogen) atoms. The van der Waals surface area contributed by atoms with Gasteiger partial charge in [0, 0.05) is 31.4 Å². The van der Waals surface area contributed by atoms with E-state index in [1.165, 1.54) is 36.1 Å². The lowest BCUT2D eigenvalue weighted by atomic mass is 10.1. The second-order valence-corrected chi connectivity index (χ2v) is 8.11. The van der Waals surface area contributed by atoms with Crippen molar-refractivity contribution in [3.05, 3.63) is 71.4 Å². The fourth-order valence-electron chi connectivity index (χ4n) is 2.75. The molecule has 1 amide bonds. The summed E-state index contributed by atoms with van der Waals surface area (Å²) in [5.41, 5.74) is 0.748. The van der Waals surface area contributed by atoms with Crippen molar-refractivity contribution < 1.29 is 22.0 Å². The molecule has 3 aromatic rings. The molecule has 0 spiro atoms. The van der Waals surface area contributed by atoms with E-state index in [0.717, 1.165) is 12.1 Å². The zero-order chi connectivity index (χ0) is 21.2. The van der Waals surface area contributed by atoms with Crippen molar-refractivity contribution >= 4 is 15.9 Å². The Morgan fingerprint density at radius 1 is 1.17 bits per heavy atom. The van der Waals surface area contributed by atoms with E-state index < -0.39 is 27.6 Å². The molecule has 0 aliphatic rings. The van der Waals surface area contributed by atoms with Crippen molar-refractivity contribution in [3.8, 4) is 11.3 Å². The Morgan fingerprint density at radius 2 is 1.93 bits per heavy atom. The Labute approximate surface area is 166 Å². The average molecular weight is 420 g/mol. The van der Waals surface area contributed by atoms with Crippen LogP contribution >= 0.6 is 0 Å². The largest absolute Gasteiger partial charge is 0.348 e. The Kier molecular flexibility index (Phi) is 5.76. The lowest BCUT2D eigenvalue weighted by Gasteiger charge is -2.08. The summed E-state index contributed by atoms with van der Waals surface area (Å²) in [6.45, 7) is 0.0478. The Bertz CT molecular complexity index is 1180. The van der Waals surface area contributed by atoms with Crippen molar-refractivity contribution in [1.82, 2.24) is 19.8 Å². The summed E-state index contributed by atoms with van der Waals surface area (Å²) in [7, 11) is -0.722. The van der Waals surface area contributed by atoms with Crippen molar-refractivity contribution in [2.45, 2.75) is 11.4 Å². The van der Waals surface area contributed by atoms with Crippen LogP contribution in [-0.4, -0.2) is 31.2 Å². The zero-order valence-corrected chi connectivity index (χ0v) is 16.4. The summed E-state index contributed by atoms with van der Waals surface area (Å²) in [4.78, 5) is 12.7. The van der Waals surface area contributed by atoms with Gasteiger partial charge in [0.2, 0.25) is 10.0 Å². The van der Waals surface area contributed by atoms with Crippen LogP contribution in [0, 0.1) is 11.6 Å². The molecule has 0 atom stereocenters. The van der Waals surface area contributed by atoms with Gasteiger partial charge in [-0.25, -0.2) is 21.9 Å². The molecule has 2 N–H and O–H groups in total. The molecule has 152 valence electrons. The number of amides is 1. The smallest absolute Gasteiger partial charge is 0.255 e. The summed E-state index contributed by atoms with van der Waals surface area (Å²) >= 11 is 0. The van der Waals surface area contributed by atoms with Gasteiger partial charge in [0.1, 0.15) is 17.3 Å². The van der Waals surface area contributed by atoms with Crippen LogP contribution in [0.3, 0.4) is 0 Å². The van der Waals surface area contributed by atoms with Crippen molar-refractivity contribution in [2.24, 2.45) is 7.05 Å². The first kappa shape index (κ1) is 20.6. The Balaban J connectivity index is 1.83. The van der Waals surface area contributed by atoms with Crippen LogP contribution in [0.1, 0.15) is 15.9 Å². The van der Waals surface area contributed by atoms with Gasteiger partial charge in [0.15, 0.2) is 0 Å². The lowest BCUT2D eigenvalue weighted by Crippen LogP contribution is -2.23. The van der Waals surface area contributed by atoms with E-state index in [4.69, 9.17) is 0 Å². The molecule has 0 unspecified atom stereocenters. The highest BCUT2D eigenvalue weighted by Crippen LogP contribution is 2.25. The Morgan fingerprint density at radius 3 is 2.62 bits per heavy atom. The molecule has 0 aliphatic carbocycles. The van der Waals surface area contributed by atoms with Gasteiger partial charge in [-0.1, -0.05) is 12.1 Å². The topological polar surface area (TPSA) is 93.1 Å². The third kappa shape index (κ3) is 4.49. The summed E-state index contributed by atoms with van der Waals surface area (Å²) in [6.07, 6.45) is 1.43. The van der Waals surface area contributed by atoms with Crippen LogP contribution in [-0.2, 0) is 23.6 Å². The van der Waals surface area contributed by atoms with Crippen molar-refractivity contribution in [1.29, 1.82) is 0 Å². The first-order chi connectivity index (χ1) is 13.7. The fraction of sp³-hybridized carbons (Fsp3) is 0.158. The minimum Gasteiger partial charge on any atom is -0.348 e. The third-order valence-corrected chi connectivity index (χ3v) is 5.60. The van der Waals surface area contributed by atoms with E-state index in [1.807, 2.05) is 0 Å². The number of carbonyl (C=O) groups is 1. The highest BCUT2D eigenvalue weighted by Gasteiger charge is 2.20.